The number of fused-ring (bicyclic) bond motifs is 5. The molecule has 0 unspecified atom stereocenters. The van der Waals surface area contributed by atoms with Gasteiger partial charge in [-0.15, -0.1) is 11.8 Å². The molecule has 1 heterocycles. The second kappa shape index (κ2) is 6.68. The fourth-order valence-corrected chi connectivity index (χ4v) is 7.63. The van der Waals surface area contributed by atoms with Gasteiger partial charge in [-0.05, 0) is 54.7 Å². The fourth-order valence-electron chi connectivity index (χ4n) is 4.98. The van der Waals surface area contributed by atoms with E-state index in [0.29, 0.717) is 17.1 Å². The minimum atomic E-state index is 0.329. The van der Waals surface area contributed by atoms with E-state index in [0.717, 1.165) is 23.2 Å². The maximum absolute atomic E-state index is 11.3. The third-order valence-electron chi connectivity index (χ3n) is 5.92. The van der Waals surface area contributed by atoms with Gasteiger partial charge in [0.15, 0.2) is 5.62 Å². The lowest BCUT2D eigenvalue weighted by molar-refractivity contribution is 0.311. The Morgan fingerprint density at radius 3 is 2.67 bits per heavy atom. The molecule has 128 valence electrons. The highest BCUT2D eigenvalue weighted by Gasteiger charge is 2.54. The zero-order valence-corrected chi connectivity index (χ0v) is 15.7. The number of allylic oxidation sites excluding steroid dienone is 1. The van der Waals surface area contributed by atoms with Gasteiger partial charge in [0.25, 0.3) is 0 Å². The number of benzene rings is 1. The Kier molecular flexibility index (Phi) is 4.56. The van der Waals surface area contributed by atoms with Crippen LogP contribution in [-0.4, -0.2) is 25.0 Å². The summed E-state index contributed by atoms with van der Waals surface area (Å²) in [5.74, 6) is 3.52. The highest BCUT2D eigenvalue weighted by Crippen LogP contribution is 2.64. The Labute approximate surface area is 152 Å². The molecule has 4 rings (SSSR count). The van der Waals surface area contributed by atoms with Crippen molar-refractivity contribution in [2.24, 2.45) is 17.8 Å². The van der Waals surface area contributed by atoms with E-state index in [1.807, 2.05) is 30.9 Å². The van der Waals surface area contributed by atoms with Gasteiger partial charge in [-0.1, -0.05) is 23.9 Å². The number of carbonyl (C=O) groups excluding carboxylic acids is 1. The molecule has 2 aliphatic carbocycles. The van der Waals surface area contributed by atoms with Gasteiger partial charge < -0.3 is 10.1 Å². The van der Waals surface area contributed by atoms with E-state index in [9.17, 15) is 4.79 Å². The Hall–Kier alpha value is -1.07. The van der Waals surface area contributed by atoms with E-state index in [2.05, 4.69) is 17.4 Å². The molecule has 2 bridgehead atoms. The maximum atomic E-state index is 11.3. The zero-order chi connectivity index (χ0) is 16.7. The van der Waals surface area contributed by atoms with E-state index in [1.165, 1.54) is 46.5 Å². The molecule has 3 aliphatic rings. The number of ether oxygens (including phenoxy) is 1. The first kappa shape index (κ1) is 16.4. The molecule has 1 aromatic carbocycles. The van der Waals surface area contributed by atoms with Crippen LogP contribution in [0.2, 0.25) is 0 Å². The lowest BCUT2D eigenvalue weighted by Gasteiger charge is -2.42. The molecule has 0 radical (unpaired) electrons. The quantitative estimate of drug-likeness (QED) is 0.794. The summed E-state index contributed by atoms with van der Waals surface area (Å²) in [5.41, 5.74) is 2.30. The van der Waals surface area contributed by atoms with Crippen LogP contribution in [-0.2, 0) is 4.79 Å². The molecule has 1 aliphatic heterocycles. The van der Waals surface area contributed by atoms with Crippen molar-refractivity contribution in [3.63, 3.8) is 0 Å². The third-order valence-corrected chi connectivity index (χ3v) is 8.49. The second-order valence-corrected chi connectivity index (χ2v) is 8.96. The van der Waals surface area contributed by atoms with Gasteiger partial charge >= 0.3 is 0 Å². The van der Waals surface area contributed by atoms with Crippen LogP contribution in [0.25, 0.3) is 0 Å². The Morgan fingerprint density at radius 1 is 1.25 bits per heavy atom. The standard InChI is InChI=1S/C19H23NO2S2/c1-20-19-18(23-10-21)15(11-5-7-14(22-2)8-6-11)16-12-3-4-13(9-12)17(16)24-19/h5-8,10,12-13,15-17,20H,3-4,9H2,1-2H3/t12-,13+,15-,16-,17-/m1/s1. The van der Waals surface area contributed by atoms with Crippen LogP contribution in [0.5, 0.6) is 5.75 Å². The van der Waals surface area contributed by atoms with Gasteiger partial charge in [0, 0.05) is 23.1 Å². The first-order valence-corrected chi connectivity index (χ1v) is 10.4. The second-order valence-electron chi connectivity index (χ2n) is 6.90. The minimum Gasteiger partial charge on any atom is -0.497 e. The van der Waals surface area contributed by atoms with Gasteiger partial charge in [-0.3, -0.25) is 4.79 Å². The number of carbonyl (C=O) groups is 1. The van der Waals surface area contributed by atoms with Crippen molar-refractivity contribution in [2.75, 3.05) is 14.2 Å². The highest BCUT2D eigenvalue weighted by atomic mass is 32.2. The van der Waals surface area contributed by atoms with E-state index in [4.69, 9.17) is 4.74 Å². The first-order chi connectivity index (χ1) is 11.8. The van der Waals surface area contributed by atoms with E-state index >= 15 is 0 Å². The number of hydrogen-bond donors (Lipinski definition) is 1. The van der Waals surface area contributed by atoms with Crippen molar-refractivity contribution in [2.45, 2.75) is 30.4 Å². The lowest BCUT2D eigenvalue weighted by atomic mass is 9.75. The average molecular weight is 362 g/mol. The molecule has 2 saturated carbocycles. The summed E-state index contributed by atoms with van der Waals surface area (Å²) >= 11 is 3.34. The molecule has 3 nitrogen and oxygen atoms in total. The Morgan fingerprint density at radius 2 is 2.00 bits per heavy atom. The van der Waals surface area contributed by atoms with E-state index in [-0.39, 0.29) is 0 Å². The van der Waals surface area contributed by atoms with E-state index in [1.54, 1.807) is 7.11 Å². The number of thioether (sulfide) groups is 2. The van der Waals surface area contributed by atoms with Crippen molar-refractivity contribution >= 4 is 29.1 Å². The summed E-state index contributed by atoms with van der Waals surface area (Å²) in [5, 5.41) is 5.26. The Bertz CT molecular complexity index is 658. The van der Waals surface area contributed by atoms with Gasteiger partial charge in [-0.2, -0.15) is 0 Å². The third kappa shape index (κ3) is 2.57. The van der Waals surface area contributed by atoms with Crippen molar-refractivity contribution in [1.29, 1.82) is 0 Å². The molecule has 0 spiro atoms. The summed E-state index contributed by atoms with van der Waals surface area (Å²) in [6.07, 6.45) is 4.10. The summed E-state index contributed by atoms with van der Waals surface area (Å²) in [6.45, 7) is 0. The van der Waals surface area contributed by atoms with Crippen LogP contribution in [0.1, 0.15) is 30.7 Å². The molecule has 1 aromatic rings. The van der Waals surface area contributed by atoms with Crippen LogP contribution in [0.4, 0.5) is 0 Å². The summed E-state index contributed by atoms with van der Waals surface area (Å²) in [4.78, 5) is 12.5. The van der Waals surface area contributed by atoms with Crippen molar-refractivity contribution in [1.82, 2.24) is 5.32 Å². The van der Waals surface area contributed by atoms with Gasteiger partial charge in [-0.25, -0.2) is 0 Å². The fraction of sp³-hybridized carbons (Fsp3) is 0.526. The van der Waals surface area contributed by atoms with Crippen LogP contribution in [0, 0.1) is 17.8 Å². The largest absolute Gasteiger partial charge is 0.497 e. The average Bonchev–Trinajstić information content (AvgIpc) is 3.23. The molecule has 5 heteroatoms. The van der Waals surface area contributed by atoms with Gasteiger partial charge in [0.2, 0.25) is 0 Å². The molecule has 0 aromatic heterocycles. The minimum absolute atomic E-state index is 0.329. The summed E-state index contributed by atoms with van der Waals surface area (Å²) in [6, 6.07) is 8.45. The van der Waals surface area contributed by atoms with Gasteiger partial charge in [0.05, 0.1) is 12.1 Å². The number of methoxy groups -OCH3 is 1. The van der Waals surface area contributed by atoms with Crippen LogP contribution >= 0.6 is 23.5 Å². The number of rotatable bonds is 5. The van der Waals surface area contributed by atoms with Crippen LogP contribution in [0.15, 0.2) is 34.2 Å². The van der Waals surface area contributed by atoms with Crippen molar-refractivity contribution in [3.05, 3.63) is 39.8 Å². The molecule has 5 atom stereocenters. The molecule has 2 fully saturated rings. The summed E-state index contributed by atoms with van der Waals surface area (Å²) < 4.78 is 5.32. The molecule has 0 saturated heterocycles. The predicted octanol–water partition coefficient (Wildman–Crippen LogP) is 4.25. The monoisotopic (exact) mass is 361 g/mol. The van der Waals surface area contributed by atoms with Crippen LogP contribution < -0.4 is 10.1 Å². The van der Waals surface area contributed by atoms with Crippen molar-refractivity contribution in [3.8, 4) is 5.75 Å². The van der Waals surface area contributed by atoms with Crippen LogP contribution in [0.3, 0.4) is 0 Å². The highest BCUT2D eigenvalue weighted by molar-refractivity contribution is 8.16. The predicted molar refractivity (Wildman–Crippen MR) is 102 cm³/mol. The Balaban J connectivity index is 1.79. The van der Waals surface area contributed by atoms with Gasteiger partial charge in [0.1, 0.15) is 5.75 Å². The smallest absolute Gasteiger partial charge is 0.180 e. The zero-order valence-electron chi connectivity index (χ0n) is 14.0. The van der Waals surface area contributed by atoms with E-state index < -0.39 is 0 Å². The molecule has 1 N–H and O–H groups in total. The molecular formula is C19H23NO2S2. The first-order valence-electron chi connectivity index (χ1n) is 8.59. The number of nitrogens with one attached hydrogen (secondary N) is 1. The molecule has 24 heavy (non-hydrogen) atoms. The SMILES string of the molecule is CNC1=C(SC=O)[C@H](c2ccc(OC)cc2)[C@H]2[C@@H]3CC[C@@H](C3)[C@H]2S1. The summed E-state index contributed by atoms with van der Waals surface area (Å²) in [7, 11) is 3.68. The number of hydrogen-bond acceptors (Lipinski definition) is 5. The lowest BCUT2D eigenvalue weighted by Crippen LogP contribution is -2.36. The molecular weight excluding hydrogens is 338 g/mol. The normalized spacial score (nSPS) is 34.2. The van der Waals surface area contributed by atoms with Crippen molar-refractivity contribution < 1.29 is 9.53 Å². The maximum Gasteiger partial charge on any atom is 0.180 e. The topological polar surface area (TPSA) is 38.3 Å². The molecule has 0 amide bonds.